The van der Waals surface area contributed by atoms with Crippen molar-refractivity contribution in [2.45, 2.75) is 38.1 Å². The number of pyridine rings is 1. The molecule has 0 bridgehead atoms. The molecule has 140 valence electrons. The van der Waals surface area contributed by atoms with Crippen molar-refractivity contribution in [3.8, 4) is 16.9 Å². The smallest absolute Gasteiger partial charge is 0.191 e. The fourth-order valence-corrected chi connectivity index (χ4v) is 4.46. The zero-order valence-corrected chi connectivity index (χ0v) is 16.1. The summed E-state index contributed by atoms with van der Waals surface area (Å²) in [5.74, 6) is 1.09. The van der Waals surface area contributed by atoms with E-state index in [1.807, 2.05) is 23.7 Å². The van der Waals surface area contributed by atoms with Crippen LogP contribution in [0.15, 0.2) is 48.1 Å². The Labute approximate surface area is 162 Å². The topological polar surface area (TPSA) is 38.2 Å². The molecule has 0 atom stereocenters. The van der Waals surface area contributed by atoms with E-state index in [1.54, 1.807) is 30.7 Å². The first kappa shape index (κ1) is 17.9. The number of methoxy groups -OCH3 is 1. The number of aromatic nitrogens is 2. The van der Waals surface area contributed by atoms with Crippen LogP contribution < -0.4 is 9.64 Å². The van der Waals surface area contributed by atoms with E-state index in [9.17, 15) is 4.39 Å². The number of hydrogen-bond donors (Lipinski definition) is 0. The zero-order chi connectivity index (χ0) is 18.6. The van der Waals surface area contributed by atoms with Crippen LogP contribution in [0.2, 0.25) is 0 Å². The molecule has 1 aliphatic carbocycles. The van der Waals surface area contributed by atoms with E-state index in [0.717, 1.165) is 34.9 Å². The van der Waals surface area contributed by atoms with Gasteiger partial charge >= 0.3 is 0 Å². The Bertz CT molecular complexity index is 894. The summed E-state index contributed by atoms with van der Waals surface area (Å²) in [5.41, 5.74) is 1.81. The Morgan fingerprint density at radius 2 is 1.93 bits per heavy atom. The van der Waals surface area contributed by atoms with Crippen molar-refractivity contribution >= 4 is 22.3 Å². The van der Waals surface area contributed by atoms with Crippen LogP contribution in [0.25, 0.3) is 11.1 Å². The Balaban J connectivity index is 1.75. The highest BCUT2D eigenvalue weighted by atomic mass is 32.1. The summed E-state index contributed by atoms with van der Waals surface area (Å²) < 4.78 is 19.0. The minimum absolute atomic E-state index is 0.309. The maximum Gasteiger partial charge on any atom is 0.191 e. The molecule has 4 nitrogen and oxygen atoms in total. The molecule has 0 spiro atoms. The van der Waals surface area contributed by atoms with E-state index in [0.29, 0.717) is 11.8 Å². The largest absolute Gasteiger partial charge is 0.496 e. The van der Waals surface area contributed by atoms with Gasteiger partial charge in [0.2, 0.25) is 0 Å². The van der Waals surface area contributed by atoms with E-state index >= 15 is 0 Å². The Morgan fingerprint density at radius 1 is 1.07 bits per heavy atom. The highest BCUT2D eigenvalue weighted by Crippen LogP contribution is 2.37. The number of benzene rings is 1. The van der Waals surface area contributed by atoms with Crippen LogP contribution in [0, 0.1) is 5.82 Å². The molecular weight excluding hydrogens is 361 g/mol. The van der Waals surface area contributed by atoms with E-state index < -0.39 is 0 Å². The number of anilines is 2. The van der Waals surface area contributed by atoms with Crippen molar-refractivity contribution in [1.29, 1.82) is 0 Å². The molecule has 27 heavy (non-hydrogen) atoms. The van der Waals surface area contributed by atoms with E-state index in [4.69, 9.17) is 4.74 Å². The summed E-state index contributed by atoms with van der Waals surface area (Å²) >= 11 is 1.63. The van der Waals surface area contributed by atoms with Crippen LogP contribution in [0.3, 0.4) is 0 Å². The molecule has 4 rings (SSSR count). The fraction of sp³-hybridized carbons (Fsp3) is 0.333. The van der Waals surface area contributed by atoms with E-state index in [2.05, 4.69) is 14.9 Å². The molecule has 1 aromatic carbocycles. The van der Waals surface area contributed by atoms with Crippen molar-refractivity contribution in [2.75, 3.05) is 12.0 Å². The highest BCUT2D eigenvalue weighted by molar-refractivity contribution is 7.13. The molecule has 1 saturated carbocycles. The maximum absolute atomic E-state index is 13.6. The van der Waals surface area contributed by atoms with Crippen molar-refractivity contribution in [1.82, 2.24) is 9.97 Å². The Kier molecular flexibility index (Phi) is 5.34. The minimum atomic E-state index is -0.309. The van der Waals surface area contributed by atoms with Gasteiger partial charge in [-0.1, -0.05) is 19.3 Å². The molecule has 6 heteroatoms. The van der Waals surface area contributed by atoms with Gasteiger partial charge in [-0.25, -0.2) is 14.4 Å². The normalized spacial score (nSPS) is 14.9. The molecule has 0 aliphatic heterocycles. The van der Waals surface area contributed by atoms with Crippen LogP contribution >= 0.6 is 11.3 Å². The quantitative estimate of drug-likeness (QED) is 0.556. The van der Waals surface area contributed by atoms with Crippen LogP contribution in [0.5, 0.6) is 5.75 Å². The SMILES string of the molecule is COc1cc(F)ccc1-c1ccnc(N(c2nccs2)C2CCCCC2)c1. The number of halogens is 1. The monoisotopic (exact) mass is 383 g/mol. The first-order valence-electron chi connectivity index (χ1n) is 9.25. The van der Waals surface area contributed by atoms with Crippen molar-refractivity contribution in [2.24, 2.45) is 0 Å². The van der Waals surface area contributed by atoms with Gasteiger partial charge in [0.1, 0.15) is 17.4 Å². The second kappa shape index (κ2) is 8.05. The number of nitrogens with zero attached hydrogens (tertiary/aromatic N) is 3. The minimum Gasteiger partial charge on any atom is -0.496 e. The Morgan fingerprint density at radius 3 is 2.67 bits per heavy atom. The molecule has 0 N–H and O–H groups in total. The average molecular weight is 383 g/mol. The first-order chi connectivity index (χ1) is 13.3. The van der Waals surface area contributed by atoms with Gasteiger partial charge in [0.05, 0.1) is 7.11 Å². The third-order valence-corrected chi connectivity index (χ3v) is 5.80. The highest BCUT2D eigenvalue weighted by Gasteiger charge is 2.26. The van der Waals surface area contributed by atoms with Gasteiger partial charge in [-0.2, -0.15) is 0 Å². The second-order valence-corrected chi connectivity index (χ2v) is 7.60. The molecule has 1 fully saturated rings. The molecular formula is C21H22FN3OS. The van der Waals surface area contributed by atoms with Gasteiger partial charge in [0.25, 0.3) is 0 Å². The number of rotatable bonds is 5. The molecule has 0 unspecified atom stereocenters. The maximum atomic E-state index is 13.6. The predicted octanol–water partition coefficient (Wildman–Crippen LogP) is 5.82. The lowest BCUT2D eigenvalue weighted by Gasteiger charge is -2.33. The molecule has 2 aromatic heterocycles. The van der Waals surface area contributed by atoms with Gasteiger partial charge in [-0.05, 0) is 42.7 Å². The van der Waals surface area contributed by atoms with Crippen molar-refractivity contribution in [3.05, 3.63) is 53.9 Å². The van der Waals surface area contributed by atoms with E-state index in [1.165, 1.54) is 31.4 Å². The summed E-state index contributed by atoms with van der Waals surface area (Å²) in [4.78, 5) is 11.5. The van der Waals surface area contributed by atoms with Crippen LogP contribution in [0.4, 0.5) is 15.3 Å². The number of thiazole rings is 1. The third kappa shape index (κ3) is 3.81. The molecule has 1 aliphatic rings. The molecule has 0 radical (unpaired) electrons. The third-order valence-electron chi connectivity index (χ3n) is 5.03. The summed E-state index contributed by atoms with van der Waals surface area (Å²) in [5, 5.41) is 2.97. The number of ether oxygens (including phenoxy) is 1. The zero-order valence-electron chi connectivity index (χ0n) is 15.3. The lowest BCUT2D eigenvalue weighted by atomic mass is 9.94. The van der Waals surface area contributed by atoms with Crippen molar-refractivity contribution in [3.63, 3.8) is 0 Å². The van der Waals surface area contributed by atoms with Gasteiger partial charge in [-0.15, -0.1) is 11.3 Å². The lowest BCUT2D eigenvalue weighted by Crippen LogP contribution is -2.33. The summed E-state index contributed by atoms with van der Waals surface area (Å²) in [6, 6.07) is 9.00. The Hall–Kier alpha value is -2.47. The van der Waals surface area contributed by atoms with Crippen LogP contribution in [-0.2, 0) is 0 Å². The van der Waals surface area contributed by atoms with Gasteiger partial charge in [0, 0.05) is 35.4 Å². The van der Waals surface area contributed by atoms with Crippen LogP contribution in [-0.4, -0.2) is 23.1 Å². The molecule has 0 saturated heterocycles. The van der Waals surface area contributed by atoms with Gasteiger partial charge in [-0.3, -0.25) is 4.90 Å². The summed E-state index contributed by atoms with van der Waals surface area (Å²) in [7, 11) is 1.56. The van der Waals surface area contributed by atoms with Gasteiger partial charge < -0.3 is 4.74 Å². The molecule has 3 aromatic rings. The molecule has 0 amide bonds. The van der Waals surface area contributed by atoms with E-state index in [-0.39, 0.29) is 5.82 Å². The van der Waals surface area contributed by atoms with Crippen molar-refractivity contribution < 1.29 is 9.13 Å². The average Bonchev–Trinajstić information content (AvgIpc) is 3.23. The molecule has 2 heterocycles. The predicted molar refractivity (Wildman–Crippen MR) is 107 cm³/mol. The van der Waals surface area contributed by atoms with Gasteiger partial charge in [0.15, 0.2) is 5.13 Å². The lowest BCUT2D eigenvalue weighted by molar-refractivity contribution is 0.413. The summed E-state index contributed by atoms with van der Waals surface area (Å²) in [6.07, 6.45) is 9.69. The second-order valence-electron chi connectivity index (χ2n) is 6.72. The fourth-order valence-electron chi connectivity index (χ4n) is 3.74. The first-order valence-corrected chi connectivity index (χ1v) is 10.1. The van der Waals surface area contributed by atoms with Crippen LogP contribution in [0.1, 0.15) is 32.1 Å². The standard InChI is InChI=1S/C21H22FN3OS/c1-26-19-14-16(22)7-8-18(19)15-9-10-23-20(13-15)25(21-24-11-12-27-21)17-5-3-2-4-6-17/h7-14,17H,2-6H2,1H3. The number of hydrogen-bond acceptors (Lipinski definition) is 5. The summed E-state index contributed by atoms with van der Waals surface area (Å²) in [6.45, 7) is 0.